The summed E-state index contributed by atoms with van der Waals surface area (Å²) in [5.74, 6) is -4.37. The average Bonchev–Trinajstić information content (AvgIpc) is 3.53. The number of hydrogen-bond acceptors (Lipinski definition) is 6. The lowest BCUT2D eigenvalue weighted by molar-refractivity contribution is -0.192. The first-order chi connectivity index (χ1) is 21.2. The fourth-order valence-electron chi connectivity index (χ4n) is 7.02. The van der Waals surface area contributed by atoms with E-state index in [4.69, 9.17) is 33.1 Å². The first-order valence-corrected chi connectivity index (χ1v) is 15.5. The molecule has 14 heteroatoms. The third-order valence-corrected chi connectivity index (χ3v) is 9.42. The molecule has 1 saturated carbocycles. The Balaban J connectivity index is 0.000000617. The van der Waals surface area contributed by atoms with E-state index in [0.717, 1.165) is 5.56 Å². The minimum atomic E-state index is -5.08. The molecule has 6 atom stereocenters. The van der Waals surface area contributed by atoms with Crippen LogP contribution in [0.4, 0.5) is 23.2 Å². The van der Waals surface area contributed by atoms with Crippen molar-refractivity contribution in [3.63, 3.8) is 0 Å². The largest absolute Gasteiger partial charge is 0.490 e. The highest BCUT2D eigenvalue weighted by molar-refractivity contribution is 6.31. The molecule has 5 rings (SSSR count). The molecule has 0 bridgehead atoms. The molecular weight excluding hydrogens is 655 g/mol. The maximum Gasteiger partial charge on any atom is 0.490 e. The Bertz CT molecular complexity index is 1490. The SMILES string of the molecule is CC(C)(C)C[C@H]1N[C@@H](C(=O)CCC2CC(O)C(O)C2)[C@H](c2cccc(Cl)c2)[C@@]12C(=O)Nc1cc(Cl)c(F)cc12.O=C(O)C(F)(F)F. The quantitative estimate of drug-likeness (QED) is 0.235. The van der Waals surface area contributed by atoms with Gasteiger partial charge in [0.05, 0.1) is 23.3 Å². The Kier molecular flexibility index (Phi) is 10.5. The average molecular weight is 692 g/mol. The van der Waals surface area contributed by atoms with Crippen LogP contribution in [0.25, 0.3) is 0 Å². The first kappa shape index (κ1) is 36.1. The van der Waals surface area contributed by atoms with Crippen LogP contribution in [0.1, 0.15) is 69.9 Å². The molecule has 5 N–H and O–H groups in total. The number of hydrogen-bond donors (Lipinski definition) is 5. The van der Waals surface area contributed by atoms with E-state index in [1.165, 1.54) is 12.1 Å². The first-order valence-electron chi connectivity index (χ1n) is 14.8. The molecule has 8 nitrogen and oxygen atoms in total. The number of amides is 1. The second-order valence-electron chi connectivity index (χ2n) is 13.4. The number of aliphatic hydroxyl groups excluding tert-OH is 2. The number of rotatable bonds is 6. The van der Waals surface area contributed by atoms with Gasteiger partial charge in [0.1, 0.15) is 17.0 Å². The van der Waals surface area contributed by atoms with Crippen LogP contribution < -0.4 is 10.6 Å². The van der Waals surface area contributed by atoms with Gasteiger partial charge in [0.15, 0.2) is 0 Å². The number of benzene rings is 2. The zero-order valence-corrected chi connectivity index (χ0v) is 26.8. The smallest absolute Gasteiger partial charge is 0.475 e. The number of ketones is 1. The molecule has 0 radical (unpaired) electrons. The summed E-state index contributed by atoms with van der Waals surface area (Å²) in [6.45, 7) is 6.20. The summed E-state index contributed by atoms with van der Waals surface area (Å²) in [4.78, 5) is 37.0. The molecule has 2 aliphatic heterocycles. The van der Waals surface area contributed by atoms with Crippen LogP contribution in [0.5, 0.6) is 0 Å². The Hall–Kier alpha value is -2.77. The molecule has 2 aromatic rings. The number of Topliss-reactive ketones (excluding diaryl/α,β-unsaturated/α-hetero) is 1. The van der Waals surface area contributed by atoms with Crippen molar-refractivity contribution < 1.29 is 47.3 Å². The van der Waals surface area contributed by atoms with Crippen molar-refractivity contribution in [1.29, 1.82) is 0 Å². The fraction of sp³-hybridized carbons (Fsp3) is 0.531. The minimum Gasteiger partial charge on any atom is -0.475 e. The molecule has 3 aliphatic rings. The number of carboxylic acids is 1. The van der Waals surface area contributed by atoms with Gasteiger partial charge >= 0.3 is 12.1 Å². The number of fused-ring (bicyclic) bond motifs is 2. The van der Waals surface area contributed by atoms with Crippen molar-refractivity contribution in [3.8, 4) is 0 Å². The Morgan fingerprint density at radius 1 is 1.04 bits per heavy atom. The molecular formula is C32H36Cl2F4N2O6. The lowest BCUT2D eigenvalue weighted by Crippen LogP contribution is -2.49. The molecule has 2 fully saturated rings. The molecule has 1 aliphatic carbocycles. The summed E-state index contributed by atoms with van der Waals surface area (Å²) < 4.78 is 46.7. The van der Waals surface area contributed by atoms with E-state index in [-0.39, 0.29) is 34.5 Å². The molecule has 2 heterocycles. The summed E-state index contributed by atoms with van der Waals surface area (Å²) in [6, 6.07) is 8.73. The van der Waals surface area contributed by atoms with Crippen LogP contribution in [0.15, 0.2) is 36.4 Å². The van der Waals surface area contributed by atoms with Crippen LogP contribution in [0.2, 0.25) is 10.0 Å². The number of carbonyl (C=O) groups excluding carboxylic acids is 2. The lowest BCUT2D eigenvalue weighted by Gasteiger charge is -2.37. The molecule has 1 saturated heterocycles. The monoisotopic (exact) mass is 690 g/mol. The van der Waals surface area contributed by atoms with Crippen LogP contribution in [0, 0.1) is 17.2 Å². The van der Waals surface area contributed by atoms with E-state index in [0.29, 0.717) is 42.0 Å². The standard InChI is InChI=1S/C30H35Cl2FN2O4.C2HF3O2/c1-29(2,3)14-25-30(18-12-20(33)19(32)13-21(18)34-28(30)39)26(16-5-4-6-17(31)11-16)27(35-25)22(36)8-7-15-9-23(37)24(38)10-15;3-2(4,5)1(6)7/h4-6,11-13,15,23-27,35,37-38H,7-10,14H2,1-3H3,(H,34,39);(H,6,7)/t15?,23?,24?,25-,26+,27+,30+;/m1./s1. The Morgan fingerprint density at radius 3 is 2.20 bits per heavy atom. The summed E-state index contributed by atoms with van der Waals surface area (Å²) in [6.07, 6.45) is -4.42. The van der Waals surface area contributed by atoms with Crippen molar-refractivity contribution in [1.82, 2.24) is 5.32 Å². The normalized spacial score (nSPS) is 28.9. The molecule has 1 spiro atoms. The van der Waals surface area contributed by atoms with Crippen molar-refractivity contribution in [2.75, 3.05) is 5.32 Å². The number of alkyl halides is 3. The van der Waals surface area contributed by atoms with Gasteiger partial charge in [-0.15, -0.1) is 0 Å². The lowest BCUT2D eigenvalue weighted by atomic mass is 9.62. The molecule has 2 aromatic carbocycles. The molecule has 1 amide bonds. The van der Waals surface area contributed by atoms with Gasteiger partial charge in [-0.1, -0.05) is 56.1 Å². The number of aliphatic carboxylic acids is 1. The van der Waals surface area contributed by atoms with E-state index >= 15 is 0 Å². The fourth-order valence-corrected chi connectivity index (χ4v) is 7.38. The highest BCUT2D eigenvalue weighted by Gasteiger charge is 2.65. The number of aliphatic hydroxyl groups is 2. The highest BCUT2D eigenvalue weighted by atomic mass is 35.5. The van der Waals surface area contributed by atoms with E-state index in [2.05, 4.69) is 31.4 Å². The van der Waals surface area contributed by atoms with Gasteiger partial charge in [-0.3, -0.25) is 9.59 Å². The zero-order chi connectivity index (χ0) is 34.4. The highest BCUT2D eigenvalue weighted by Crippen LogP contribution is 2.57. The van der Waals surface area contributed by atoms with Gasteiger partial charge < -0.3 is 26.0 Å². The molecule has 252 valence electrons. The number of halogens is 6. The van der Waals surface area contributed by atoms with Gasteiger partial charge in [-0.2, -0.15) is 13.2 Å². The Labute approximate surface area is 273 Å². The summed E-state index contributed by atoms with van der Waals surface area (Å²) in [7, 11) is 0. The predicted molar refractivity (Wildman–Crippen MR) is 163 cm³/mol. The molecule has 46 heavy (non-hydrogen) atoms. The van der Waals surface area contributed by atoms with Crippen LogP contribution in [-0.2, 0) is 19.8 Å². The summed E-state index contributed by atoms with van der Waals surface area (Å²) >= 11 is 12.5. The zero-order valence-electron chi connectivity index (χ0n) is 25.3. The van der Waals surface area contributed by atoms with Crippen LogP contribution >= 0.6 is 23.2 Å². The number of carbonyl (C=O) groups is 3. The number of anilines is 1. The second-order valence-corrected chi connectivity index (χ2v) is 14.3. The van der Waals surface area contributed by atoms with Gasteiger partial charge in [0.2, 0.25) is 5.91 Å². The van der Waals surface area contributed by atoms with E-state index in [9.17, 15) is 37.4 Å². The van der Waals surface area contributed by atoms with Crippen molar-refractivity contribution in [2.45, 2.75) is 94.7 Å². The van der Waals surface area contributed by atoms with Crippen LogP contribution in [-0.4, -0.2) is 63.4 Å². The molecule has 0 aromatic heterocycles. The maximum absolute atomic E-state index is 15.0. The van der Waals surface area contributed by atoms with Gasteiger partial charge in [-0.25, -0.2) is 9.18 Å². The summed E-state index contributed by atoms with van der Waals surface area (Å²) in [5, 5.41) is 33.9. The van der Waals surface area contributed by atoms with Crippen molar-refractivity contribution >= 4 is 46.5 Å². The van der Waals surface area contributed by atoms with Gasteiger partial charge in [0, 0.05) is 29.1 Å². The third-order valence-electron chi connectivity index (χ3n) is 8.89. The van der Waals surface area contributed by atoms with E-state index in [1.54, 1.807) is 18.2 Å². The predicted octanol–water partition coefficient (Wildman–Crippen LogP) is 6.00. The Morgan fingerprint density at radius 2 is 1.65 bits per heavy atom. The van der Waals surface area contributed by atoms with Crippen molar-refractivity contribution in [3.05, 3.63) is 63.4 Å². The number of carboxylic acid groups (broad SMARTS) is 1. The van der Waals surface area contributed by atoms with Crippen molar-refractivity contribution in [2.24, 2.45) is 11.3 Å². The van der Waals surface area contributed by atoms with E-state index in [1.807, 2.05) is 6.07 Å². The summed E-state index contributed by atoms with van der Waals surface area (Å²) in [5.41, 5.74) is 0.152. The number of nitrogens with one attached hydrogen (secondary N) is 2. The third kappa shape index (κ3) is 7.36. The minimum absolute atomic E-state index is 0.0380. The topological polar surface area (TPSA) is 136 Å². The maximum atomic E-state index is 15.0. The van der Waals surface area contributed by atoms with E-state index < -0.39 is 53.6 Å². The van der Waals surface area contributed by atoms with Gasteiger partial charge in [-0.05, 0) is 72.4 Å². The van der Waals surface area contributed by atoms with Gasteiger partial charge in [0.25, 0.3) is 0 Å². The molecule has 2 unspecified atom stereocenters. The second kappa shape index (κ2) is 13.4. The van der Waals surface area contributed by atoms with Crippen LogP contribution in [0.3, 0.4) is 0 Å².